The van der Waals surface area contributed by atoms with Gasteiger partial charge in [-0.05, 0) is 19.1 Å². The fraction of sp³-hybridized carbons (Fsp3) is 0.308. The lowest BCUT2D eigenvalue weighted by Gasteiger charge is -2.37. The lowest BCUT2D eigenvalue weighted by molar-refractivity contribution is 0.0755. The molecule has 3 rings (SSSR count). The standard InChI is InChI=1S/C13H12ClNO5S2/c1-8-4-9(5-12(16)19-8)20-10-6-15(7-10)22(17,18)13-3-2-11(14)21-13/h2-5,10H,6-7H2,1H3. The summed E-state index contributed by atoms with van der Waals surface area (Å²) in [5, 5.41) is 0. The fourth-order valence-electron chi connectivity index (χ4n) is 2.07. The van der Waals surface area contributed by atoms with Crippen molar-refractivity contribution in [2.75, 3.05) is 13.1 Å². The van der Waals surface area contributed by atoms with Gasteiger partial charge in [0, 0.05) is 6.07 Å². The van der Waals surface area contributed by atoms with Gasteiger partial charge in [0.2, 0.25) is 0 Å². The van der Waals surface area contributed by atoms with Crippen molar-refractivity contribution in [3.8, 4) is 5.75 Å². The summed E-state index contributed by atoms with van der Waals surface area (Å²) in [5.74, 6) is 0.828. The Morgan fingerprint density at radius 1 is 1.36 bits per heavy atom. The molecule has 0 atom stereocenters. The molecule has 0 spiro atoms. The second-order valence-corrected chi connectivity index (χ2v) is 8.72. The smallest absolute Gasteiger partial charge is 0.339 e. The number of hydrogen-bond donors (Lipinski definition) is 0. The third-order valence-corrected chi connectivity index (χ3v) is 6.66. The lowest BCUT2D eigenvalue weighted by Crippen LogP contribution is -2.55. The second-order valence-electron chi connectivity index (χ2n) is 4.84. The molecule has 118 valence electrons. The first kappa shape index (κ1) is 15.5. The Labute approximate surface area is 135 Å². The van der Waals surface area contributed by atoms with Crippen LogP contribution >= 0.6 is 22.9 Å². The average molecular weight is 362 g/mol. The Bertz CT molecular complexity index is 851. The maximum atomic E-state index is 12.3. The van der Waals surface area contributed by atoms with E-state index >= 15 is 0 Å². The summed E-state index contributed by atoms with van der Waals surface area (Å²) in [6, 6.07) is 5.88. The van der Waals surface area contributed by atoms with E-state index in [1.807, 2.05) is 0 Å². The monoisotopic (exact) mass is 361 g/mol. The fourth-order valence-corrected chi connectivity index (χ4v) is 5.21. The Morgan fingerprint density at radius 3 is 2.68 bits per heavy atom. The molecule has 1 fully saturated rings. The maximum Gasteiger partial charge on any atom is 0.339 e. The van der Waals surface area contributed by atoms with Crippen molar-refractivity contribution in [3.63, 3.8) is 0 Å². The maximum absolute atomic E-state index is 12.3. The highest BCUT2D eigenvalue weighted by molar-refractivity contribution is 7.91. The van der Waals surface area contributed by atoms with Crippen LogP contribution in [0.5, 0.6) is 5.75 Å². The molecule has 0 radical (unpaired) electrons. The third-order valence-electron chi connectivity index (χ3n) is 3.13. The van der Waals surface area contributed by atoms with Crippen LogP contribution in [0.2, 0.25) is 4.34 Å². The van der Waals surface area contributed by atoms with Gasteiger partial charge in [-0.1, -0.05) is 11.6 Å². The Hall–Kier alpha value is -1.35. The number of sulfonamides is 1. The van der Waals surface area contributed by atoms with Crippen LogP contribution < -0.4 is 10.4 Å². The first-order valence-electron chi connectivity index (χ1n) is 6.38. The van der Waals surface area contributed by atoms with Crippen LogP contribution in [0, 0.1) is 6.92 Å². The highest BCUT2D eigenvalue weighted by Gasteiger charge is 2.39. The van der Waals surface area contributed by atoms with E-state index in [9.17, 15) is 13.2 Å². The summed E-state index contributed by atoms with van der Waals surface area (Å²) in [6.45, 7) is 2.11. The summed E-state index contributed by atoms with van der Waals surface area (Å²) in [4.78, 5) is 11.2. The van der Waals surface area contributed by atoms with Gasteiger partial charge in [0.25, 0.3) is 10.0 Å². The van der Waals surface area contributed by atoms with Gasteiger partial charge >= 0.3 is 5.63 Å². The predicted molar refractivity (Wildman–Crippen MR) is 82.2 cm³/mol. The minimum atomic E-state index is -3.52. The molecule has 0 bridgehead atoms. The molecule has 0 amide bonds. The number of nitrogens with zero attached hydrogens (tertiary/aromatic N) is 1. The molecule has 1 aliphatic rings. The molecule has 0 aromatic carbocycles. The van der Waals surface area contributed by atoms with Gasteiger partial charge in [0.1, 0.15) is 21.8 Å². The number of ether oxygens (including phenoxy) is 1. The molecular formula is C13H12ClNO5S2. The van der Waals surface area contributed by atoms with Crippen LogP contribution in [0.3, 0.4) is 0 Å². The zero-order chi connectivity index (χ0) is 15.9. The van der Waals surface area contributed by atoms with Crippen molar-refractivity contribution in [1.29, 1.82) is 0 Å². The van der Waals surface area contributed by atoms with Crippen molar-refractivity contribution in [2.45, 2.75) is 17.2 Å². The second kappa shape index (κ2) is 5.69. The van der Waals surface area contributed by atoms with Crippen LogP contribution in [-0.2, 0) is 10.0 Å². The molecule has 0 aliphatic carbocycles. The van der Waals surface area contributed by atoms with Gasteiger partial charge < -0.3 is 9.15 Å². The van der Waals surface area contributed by atoms with Gasteiger partial charge in [0.05, 0.1) is 23.5 Å². The first-order valence-corrected chi connectivity index (χ1v) is 9.02. The van der Waals surface area contributed by atoms with Crippen molar-refractivity contribution in [3.05, 3.63) is 44.8 Å². The molecule has 22 heavy (non-hydrogen) atoms. The van der Waals surface area contributed by atoms with Crippen molar-refractivity contribution >= 4 is 33.0 Å². The average Bonchev–Trinajstić information content (AvgIpc) is 2.79. The van der Waals surface area contributed by atoms with Crippen molar-refractivity contribution < 1.29 is 17.6 Å². The summed E-state index contributed by atoms with van der Waals surface area (Å²) < 4.78 is 37.0. The molecule has 0 unspecified atom stereocenters. The largest absolute Gasteiger partial charge is 0.487 e. The minimum absolute atomic E-state index is 0.215. The number of halogens is 1. The van der Waals surface area contributed by atoms with Crippen LogP contribution in [0.25, 0.3) is 0 Å². The highest BCUT2D eigenvalue weighted by Crippen LogP contribution is 2.31. The van der Waals surface area contributed by atoms with Crippen LogP contribution in [0.1, 0.15) is 5.76 Å². The number of hydrogen-bond acceptors (Lipinski definition) is 6. The molecular weight excluding hydrogens is 350 g/mol. The first-order chi connectivity index (χ1) is 10.3. The SMILES string of the molecule is Cc1cc(OC2CN(S(=O)(=O)c3ccc(Cl)s3)C2)cc(=O)o1. The van der Waals surface area contributed by atoms with E-state index in [0.29, 0.717) is 15.8 Å². The molecule has 6 nitrogen and oxygen atoms in total. The molecule has 2 aromatic rings. The third kappa shape index (κ3) is 3.05. The highest BCUT2D eigenvalue weighted by atomic mass is 35.5. The van der Waals surface area contributed by atoms with Crippen LogP contribution in [0.4, 0.5) is 0 Å². The number of aryl methyl sites for hydroxylation is 1. The van der Waals surface area contributed by atoms with Gasteiger partial charge in [-0.3, -0.25) is 0 Å². The molecule has 3 heterocycles. The quantitative estimate of drug-likeness (QED) is 0.833. The van der Waals surface area contributed by atoms with Gasteiger partial charge in [0.15, 0.2) is 0 Å². The van der Waals surface area contributed by atoms with Crippen LogP contribution in [-0.4, -0.2) is 31.9 Å². The zero-order valence-corrected chi connectivity index (χ0v) is 13.9. The summed E-state index contributed by atoms with van der Waals surface area (Å²) in [7, 11) is -3.52. The molecule has 1 saturated heterocycles. The minimum Gasteiger partial charge on any atom is -0.487 e. The number of rotatable bonds is 4. The topological polar surface area (TPSA) is 76.8 Å². The Morgan fingerprint density at radius 2 is 2.09 bits per heavy atom. The molecule has 9 heteroatoms. The van der Waals surface area contributed by atoms with E-state index in [4.69, 9.17) is 20.8 Å². The van der Waals surface area contributed by atoms with Gasteiger partial charge in [-0.25, -0.2) is 13.2 Å². The van der Waals surface area contributed by atoms with Gasteiger partial charge in [-0.15, -0.1) is 11.3 Å². The molecule has 2 aromatic heterocycles. The van der Waals surface area contributed by atoms with E-state index in [1.54, 1.807) is 19.1 Å². The van der Waals surface area contributed by atoms with Gasteiger partial charge in [-0.2, -0.15) is 4.31 Å². The summed E-state index contributed by atoms with van der Waals surface area (Å²) in [5.41, 5.74) is -0.493. The van der Waals surface area contributed by atoms with E-state index in [0.717, 1.165) is 11.3 Å². The summed E-state index contributed by atoms with van der Waals surface area (Å²) in [6.07, 6.45) is -0.286. The summed E-state index contributed by atoms with van der Waals surface area (Å²) >= 11 is 6.79. The van der Waals surface area contributed by atoms with E-state index in [2.05, 4.69) is 0 Å². The number of thiophene rings is 1. The Balaban J connectivity index is 1.66. The van der Waals surface area contributed by atoms with Crippen LogP contribution in [0.15, 0.2) is 37.7 Å². The van der Waals surface area contributed by atoms with Crippen molar-refractivity contribution in [1.82, 2.24) is 4.31 Å². The van der Waals surface area contributed by atoms with E-state index in [-0.39, 0.29) is 23.4 Å². The normalized spacial score (nSPS) is 16.5. The zero-order valence-electron chi connectivity index (χ0n) is 11.5. The van der Waals surface area contributed by atoms with E-state index in [1.165, 1.54) is 16.4 Å². The lowest BCUT2D eigenvalue weighted by atomic mass is 10.2. The Kier molecular flexibility index (Phi) is 4.02. The molecule has 0 saturated carbocycles. The molecule has 0 N–H and O–H groups in total. The molecule has 1 aliphatic heterocycles. The van der Waals surface area contributed by atoms with E-state index < -0.39 is 15.6 Å². The predicted octanol–water partition coefficient (Wildman–Crippen LogP) is 2.12. The van der Waals surface area contributed by atoms with Crippen molar-refractivity contribution in [2.24, 2.45) is 0 Å².